The Hall–Kier alpha value is -1.50. The Kier molecular flexibility index (Phi) is 3.27. The molecule has 1 aliphatic carbocycles. The summed E-state index contributed by atoms with van der Waals surface area (Å²) in [4.78, 5) is 16.8. The van der Waals surface area contributed by atoms with Crippen molar-refractivity contribution >= 4 is 22.8 Å². The summed E-state index contributed by atoms with van der Waals surface area (Å²) in [6, 6.07) is 0. The Bertz CT molecular complexity index is 711. The molecule has 2 heterocycles. The fourth-order valence-electron chi connectivity index (χ4n) is 2.50. The van der Waals surface area contributed by atoms with Crippen LogP contribution < -0.4 is 0 Å². The van der Waals surface area contributed by atoms with Gasteiger partial charge in [0.05, 0.1) is 23.0 Å². The molecule has 112 valence electrons. The molecule has 0 amide bonds. The maximum Gasteiger partial charge on any atom is 0.391 e. The summed E-state index contributed by atoms with van der Waals surface area (Å²) in [5.74, 6) is -1.57. The summed E-state index contributed by atoms with van der Waals surface area (Å²) >= 11 is 5.86. The van der Waals surface area contributed by atoms with Crippen molar-refractivity contribution in [1.82, 2.24) is 19.9 Å². The Morgan fingerprint density at radius 3 is 2.24 bits per heavy atom. The van der Waals surface area contributed by atoms with Gasteiger partial charge in [-0.2, -0.15) is 18.2 Å². The van der Waals surface area contributed by atoms with E-state index in [2.05, 4.69) is 19.9 Å². The van der Waals surface area contributed by atoms with Crippen LogP contribution in [0, 0.1) is 19.8 Å². The highest BCUT2D eigenvalue weighted by Gasteiger charge is 2.49. The molecule has 1 fully saturated rings. The van der Waals surface area contributed by atoms with Gasteiger partial charge >= 0.3 is 6.18 Å². The Morgan fingerprint density at radius 2 is 1.62 bits per heavy atom. The first kappa shape index (κ1) is 14.4. The third-order valence-electron chi connectivity index (χ3n) is 3.93. The van der Waals surface area contributed by atoms with Gasteiger partial charge in [0.2, 0.25) is 5.28 Å². The van der Waals surface area contributed by atoms with Crippen LogP contribution in [0.5, 0.6) is 0 Å². The summed E-state index contributed by atoms with van der Waals surface area (Å²) in [6.07, 6.45) is -4.12. The molecule has 3 rings (SSSR count). The highest BCUT2D eigenvalue weighted by Crippen LogP contribution is 2.49. The molecule has 0 N–H and O–H groups in total. The van der Waals surface area contributed by atoms with Crippen molar-refractivity contribution in [2.45, 2.75) is 38.8 Å². The highest BCUT2D eigenvalue weighted by atomic mass is 35.5. The second kappa shape index (κ2) is 4.76. The zero-order valence-electron chi connectivity index (χ0n) is 11.4. The second-order valence-corrected chi connectivity index (χ2v) is 5.69. The van der Waals surface area contributed by atoms with Crippen molar-refractivity contribution in [3.63, 3.8) is 0 Å². The number of nitrogens with zero attached hydrogens (tertiary/aromatic N) is 4. The molecule has 0 aromatic carbocycles. The maximum absolute atomic E-state index is 12.6. The zero-order chi connectivity index (χ0) is 15.4. The average Bonchev–Trinajstić information content (AvgIpc) is 2.27. The quantitative estimate of drug-likeness (QED) is 0.752. The number of halogens is 4. The maximum atomic E-state index is 12.6. The standard InChI is InChI=1S/C13H12ClF3N4/c1-5-6(2)19-11-10(18-5)9(20-12(14)21-11)7-3-8(4-7)13(15,16)17/h7-8H,3-4H2,1-2H3/t7-,8+. The minimum Gasteiger partial charge on any atom is -0.246 e. The number of fused-ring (bicyclic) bond motifs is 1. The second-order valence-electron chi connectivity index (χ2n) is 5.35. The van der Waals surface area contributed by atoms with Crippen molar-refractivity contribution in [3.05, 3.63) is 22.4 Å². The predicted molar refractivity (Wildman–Crippen MR) is 71.1 cm³/mol. The van der Waals surface area contributed by atoms with Gasteiger partial charge in [0.25, 0.3) is 0 Å². The Morgan fingerprint density at radius 1 is 1.00 bits per heavy atom. The largest absolute Gasteiger partial charge is 0.391 e. The Balaban J connectivity index is 2.02. The number of alkyl halides is 3. The normalized spacial score (nSPS) is 22.4. The molecular weight excluding hydrogens is 305 g/mol. The lowest BCUT2D eigenvalue weighted by Gasteiger charge is -2.36. The molecule has 0 radical (unpaired) electrons. The van der Waals surface area contributed by atoms with Crippen LogP contribution in [0.15, 0.2) is 0 Å². The summed E-state index contributed by atoms with van der Waals surface area (Å²) in [5.41, 5.74) is 2.68. The lowest BCUT2D eigenvalue weighted by Crippen LogP contribution is -2.35. The number of aromatic nitrogens is 4. The molecule has 2 aromatic heterocycles. The zero-order valence-corrected chi connectivity index (χ0v) is 12.1. The van der Waals surface area contributed by atoms with Crippen LogP contribution in [-0.4, -0.2) is 26.1 Å². The molecule has 2 aromatic rings. The third-order valence-corrected chi connectivity index (χ3v) is 4.10. The molecule has 1 saturated carbocycles. The first-order valence-corrected chi connectivity index (χ1v) is 6.88. The van der Waals surface area contributed by atoms with E-state index < -0.39 is 12.1 Å². The van der Waals surface area contributed by atoms with Gasteiger partial charge in [-0.25, -0.2) is 15.0 Å². The van der Waals surface area contributed by atoms with E-state index in [0.29, 0.717) is 28.2 Å². The van der Waals surface area contributed by atoms with Crippen molar-refractivity contribution in [3.8, 4) is 0 Å². The van der Waals surface area contributed by atoms with E-state index >= 15 is 0 Å². The minimum absolute atomic E-state index is 0.00879. The molecule has 8 heteroatoms. The molecule has 0 unspecified atom stereocenters. The van der Waals surface area contributed by atoms with Gasteiger partial charge in [-0.15, -0.1) is 0 Å². The van der Waals surface area contributed by atoms with Gasteiger partial charge in [0.15, 0.2) is 5.65 Å². The van der Waals surface area contributed by atoms with E-state index in [1.54, 1.807) is 13.8 Å². The first-order chi connectivity index (χ1) is 9.75. The van der Waals surface area contributed by atoms with Crippen LogP contribution in [-0.2, 0) is 0 Å². The van der Waals surface area contributed by atoms with E-state index in [4.69, 9.17) is 11.6 Å². The molecule has 21 heavy (non-hydrogen) atoms. The van der Waals surface area contributed by atoms with Crippen molar-refractivity contribution in [2.75, 3.05) is 0 Å². The smallest absolute Gasteiger partial charge is 0.246 e. The van der Waals surface area contributed by atoms with Crippen molar-refractivity contribution < 1.29 is 13.2 Å². The van der Waals surface area contributed by atoms with E-state index in [0.717, 1.165) is 0 Å². The number of hydrogen-bond acceptors (Lipinski definition) is 4. The van der Waals surface area contributed by atoms with Gasteiger partial charge in [-0.1, -0.05) is 0 Å². The first-order valence-electron chi connectivity index (χ1n) is 6.51. The number of aryl methyl sites for hydroxylation is 2. The number of hydrogen-bond donors (Lipinski definition) is 0. The van der Waals surface area contributed by atoms with Gasteiger partial charge in [0.1, 0.15) is 5.52 Å². The van der Waals surface area contributed by atoms with Crippen molar-refractivity contribution in [2.24, 2.45) is 5.92 Å². The minimum atomic E-state index is -4.15. The lowest BCUT2D eigenvalue weighted by atomic mass is 9.72. The van der Waals surface area contributed by atoms with Gasteiger partial charge < -0.3 is 0 Å². The number of rotatable bonds is 1. The molecular formula is C13H12ClF3N4. The van der Waals surface area contributed by atoms with Crippen LogP contribution in [0.3, 0.4) is 0 Å². The molecule has 0 spiro atoms. The lowest BCUT2D eigenvalue weighted by molar-refractivity contribution is -0.197. The van der Waals surface area contributed by atoms with Crippen LogP contribution in [0.4, 0.5) is 13.2 Å². The molecule has 0 aliphatic heterocycles. The van der Waals surface area contributed by atoms with Gasteiger partial charge in [0, 0.05) is 5.92 Å². The van der Waals surface area contributed by atoms with Crippen LogP contribution in [0.1, 0.15) is 35.8 Å². The third kappa shape index (κ3) is 2.54. The van der Waals surface area contributed by atoms with E-state index in [9.17, 15) is 13.2 Å². The summed E-state index contributed by atoms with van der Waals surface area (Å²) in [5, 5.41) is -0.00879. The van der Waals surface area contributed by atoms with E-state index in [1.165, 1.54) is 0 Å². The summed E-state index contributed by atoms with van der Waals surface area (Å²) in [6.45, 7) is 3.58. The van der Waals surface area contributed by atoms with E-state index in [1.807, 2.05) is 0 Å². The summed E-state index contributed by atoms with van der Waals surface area (Å²) in [7, 11) is 0. The topological polar surface area (TPSA) is 51.6 Å². The van der Waals surface area contributed by atoms with Crippen molar-refractivity contribution in [1.29, 1.82) is 0 Å². The van der Waals surface area contributed by atoms with E-state index in [-0.39, 0.29) is 24.0 Å². The van der Waals surface area contributed by atoms with Gasteiger partial charge in [-0.3, -0.25) is 0 Å². The molecule has 0 bridgehead atoms. The molecule has 1 aliphatic rings. The molecule has 4 nitrogen and oxygen atoms in total. The van der Waals surface area contributed by atoms with Crippen LogP contribution in [0.2, 0.25) is 5.28 Å². The highest BCUT2D eigenvalue weighted by molar-refractivity contribution is 6.28. The van der Waals surface area contributed by atoms with Gasteiger partial charge in [-0.05, 0) is 38.3 Å². The van der Waals surface area contributed by atoms with Crippen LogP contribution >= 0.6 is 11.6 Å². The summed E-state index contributed by atoms with van der Waals surface area (Å²) < 4.78 is 37.8. The fraction of sp³-hybridized carbons (Fsp3) is 0.538. The SMILES string of the molecule is Cc1nc2nc(Cl)nc([C@H]3C[C@@H](C(F)(F)F)C3)c2nc1C. The predicted octanol–water partition coefficient (Wildman–Crippen LogP) is 3.75. The average molecular weight is 317 g/mol. The Labute approximate surface area is 123 Å². The fourth-order valence-corrected chi connectivity index (χ4v) is 2.67. The van der Waals surface area contributed by atoms with Crippen LogP contribution in [0.25, 0.3) is 11.2 Å². The molecule has 0 saturated heterocycles. The monoisotopic (exact) mass is 316 g/mol. The molecule has 0 atom stereocenters.